The zero-order chi connectivity index (χ0) is 15.2. The Kier molecular flexibility index (Phi) is 6.30. The lowest BCUT2D eigenvalue weighted by atomic mass is 10.2. The highest BCUT2D eigenvalue weighted by molar-refractivity contribution is 6.32. The highest BCUT2D eigenvalue weighted by Gasteiger charge is 2.20. The summed E-state index contributed by atoms with van der Waals surface area (Å²) in [6, 6.07) is 6.43. The molecule has 1 atom stereocenters. The van der Waals surface area contributed by atoms with Gasteiger partial charge in [0, 0.05) is 12.6 Å². The lowest BCUT2D eigenvalue weighted by molar-refractivity contribution is -0.0122. The molecule has 0 amide bonds. The van der Waals surface area contributed by atoms with Crippen molar-refractivity contribution in [3.63, 3.8) is 0 Å². The molecule has 21 heavy (non-hydrogen) atoms. The first kappa shape index (κ1) is 16.6. The molecule has 1 aromatic carbocycles. The molecule has 1 saturated carbocycles. The van der Waals surface area contributed by atoms with Crippen LogP contribution in [0.5, 0.6) is 5.75 Å². The molecule has 1 aromatic rings. The minimum Gasteiger partial charge on any atom is -0.489 e. The van der Waals surface area contributed by atoms with Crippen LogP contribution in [0.15, 0.2) is 18.2 Å². The predicted molar refractivity (Wildman–Crippen MR) is 83.9 cm³/mol. The van der Waals surface area contributed by atoms with Gasteiger partial charge in [0.15, 0.2) is 0 Å². The van der Waals surface area contributed by atoms with Crippen molar-refractivity contribution >= 4 is 11.6 Å². The van der Waals surface area contributed by atoms with E-state index in [0.29, 0.717) is 16.8 Å². The Balaban J connectivity index is 1.76. The summed E-state index contributed by atoms with van der Waals surface area (Å²) in [7, 11) is 0. The third kappa shape index (κ3) is 6.22. The zero-order valence-corrected chi connectivity index (χ0v) is 13.4. The summed E-state index contributed by atoms with van der Waals surface area (Å²) in [6.07, 6.45) is 1.98. The average Bonchev–Trinajstić information content (AvgIpc) is 3.26. The van der Waals surface area contributed by atoms with Gasteiger partial charge in [-0.25, -0.2) is 0 Å². The van der Waals surface area contributed by atoms with Crippen LogP contribution in [0.1, 0.15) is 32.3 Å². The van der Waals surface area contributed by atoms with E-state index in [2.05, 4.69) is 5.32 Å². The number of halogens is 1. The molecule has 1 aliphatic carbocycles. The van der Waals surface area contributed by atoms with E-state index in [9.17, 15) is 5.11 Å². The number of aliphatic hydroxyl groups excluding tert-OH is 1. The molecular weight excluding hydrogens is 290 g/mol. The van der Waals surface area contributed by atoms with Crippen LogP contribution in [0.3, 0.4) is 0 Å². The van der Waals surface area contributed by atoms with E-state index >= 15 is 0 Å². The maximum absolute atomic E-state index is 9.75. The number of hydrogen-bond acceptors (Lipinski definition) is 4. The number of hydrogen-bond donors (Lipinski definition) is 2. The lowest BCUT2D eigenvalue weighted by Gasteiger charge is -2.15. The Morgan fingerprint density at radius 3 is 2.71 bits per heavy atom. The van der Waals surface area contributed by atoms with Crippen molar-refractivity contribution < 1.29 is 14.6 Å². The molecule has 4 nitrogen and oxygen atoms in total. The van der Waals surface area contributed by atoms with Gasteiger partial charge in [-0.05, 0) is 44.4 Å². The van der Waals surface area contributed by atoms with E-state index in [-0.39, 0.29) is 19.3 Å². The van der Waals surface area contributed by atoms with Gasteiger partial charge < -0.3 is 19.9 Å². The van der Waals surface area contributed by atoms with Crippen molar-refractivity contribution in [1.29, 1.82) is 0 Å². The van der Waals surface area contributed by atoms with Crippen LogP contribution in [0, 0.1) is 0 Å². The zero-order valence-electron chi connectivity index (χ0n) is 12.6. The van der Waals surface area contributed by atoms with E-state index < -0.39 is 6.10 Å². The summed E-state index contributed by atoms with van der Waals surface area (Å²) in [4.78, 5) is 0. The van der Waals surface area contributed by atoms with Crippen molar-refractivity contribution in [2.75, 3.05) is 13.2 Å². The van der Waals surface area contributed by atoms with Crippen molar-refractivity contribution in [2.24, 2.45) is 0 Å². The van der Waals surface area contributed by atoms with Gasteiger partial charge in [-0.2, -0.15) is 0 Å². The van der Waals surface area contributed by atoms with Crippen LogP contribution in [-0.4, -0.2) is 36.6 Å². The van der Waals surface area contributed by atoms with Crippen LogP contribution in [0.2, 0.25) is 5.02 Å². The van der Waals surface area contributed by atoms with E-state index in [0.717, 1.165) is 12.1 Å². The minimum absolute atomic E-state index is 0.0986. The van der Waals surface area contributed by atoms with Crippen molar-refractivity contribution in [2.45, 2.75) is 51.5 Å². The molecule has 5 heteroatoms. The minimum atomic E-state index is -0.653. The van der Waals surface area contributed by atoms with Gasteiger partial charge >= 0.3 is 0 Å². The number of ether oxygens (including phenoxy) is 2. The third-order valence-corrected chi connectivity index (χ3v) is 3.52. The molecule has 1 fully saturated rings. The predicted octanol–water partition coefficient (Wildman–Crippen LogP) is 2.76. The van der Waals surface area contributed by atoms with Crippen LogP contribution in [0.25, 0.3) is 0 Å². The van der Waals surface area contributed by atoms with Gasteiger partial charge in [0.25, 0.3) is 0 Å². The molecule has 1 unspecified atom stereocenters. The molecule has 0 bridgehead atoms. The van der Waals surface area contributed by atoms with Crippen LogP contribution in [0.4, 0.5) is 0 Å². The van der Waals surface area contributed by atoms with Crippen LogP contribution in [-0.2, 0) is 11.3 Å². The molecule has 0 saturated heterocycles. The summed E-state index contributed by atoms with van der Waals surface area (Å²) in [5, 5.41) is 13.8. The normalized spacial score (nSPS) is 16.2. The van der Waals surface area contributed by atoms with Gasteiger partial charge in [-0.15, -0.1) is 0 Å². The fraction of sp³-hybridized carbons (Fsp3) is 0.625. The summed E-state index contributed by atoms with van der Waals surface area (Å²) in [6.45, 7) is 5.12. The second-order valence-corrected chi connectivity index (χ2v) is 6.17. The molecule has 2 rings (SSSR count). The molecular formula is C16H24ClNO3. The summed E-state index contributed by atoms with van der Waals surface area (Å²) in [5.41, 5.74) is 1.14. The molecule has 2 N–H and O–H groups in total. The second-order valence-electron chi connectivity index (χ2n) is 5.77. The van der Waals surface area contributed by atoms with Crippen LogP contribution < -0.4 is 10.1 Å². The van der Waals surface area contributed by atoms with Gasteiger partial charge in [-0.1, -0.05) is 17.7 Å². The van der Waals surface area contributed by atoms with Crippen LogP contribution >= 0.6 is 11.6 Å². The maximum Gasteiger partial charge on any atom is 0.138 e. The topological polar surface area (TPSA) is 50.7 Å². The molecule has 0 aromatic heterocycles. The number of benzene rings is 1. The maximum atomic E-state index is 9.75. The Labute approximate surface area is 131 Å². The van der Waals surface area contributed by atoms with E-state index in [1.54, 1.807) is 0 Å². The highest BCUT2D eigenvalue weighted by atomic mass is 35.5. The molecule has 0 heterocycles. The lowest BCUT2D eigenvalue weighted by Crippen LogP contribution is -2.25. The number of rotatable bonds is 9. The SMILES string of the molecule is CC(C)OCC(O)COc1ccc(CNC2CC2)cc1Cl. The van der Waals surface area contributed by atoms with Crippen molar-refractivity contribution in [1.82, 2.24) is 5.32 Å². The van der Waals surface area contributed by atoms with Gasteiger partial charge in [0.05, 0.1) is 17.7 Å². The van der Waals surface area contributed by atoms with Crippen molar-refractivity contribution in [3.8, 4) is 5.75 Å². The van der Waals surface area contributed by atoms with Gasteiger partial charge in [0.2, 0.25) is 0 Å². The van der Waals surface area contributed by atoms with E-state index in [1.807, 2.05) is 32.0 Å². The molecule has 1 aliphatic rings. The van der Waals surface area contributed by atoms with Gasteiger partial charge in [0.1, 0.15) is 18.5 Å². The number of nitrogens with one attached hydrogen (secondary N) is 1. The molecule has 0 spiro atoms. The fourth-order valence-corrected chi connectivity index (χ4v) is 2.12. The molecule has 0 aliphatic heterocycles. The monoisotopic (exact) mass is 313 g/mol. The first-order chi connectivity index (χ1) is 10.0. The molecule has 0 radical (unpaired) electrons. The Morgan fingerprint density at radius 1 is 1.33 bits per heavy atom. The Bertz CT molecular complexity index is 449. The highest BCUT2D eigenvalue weighted by Crippen LogP contribution is 2.26. The van der Waals surface area contributed by atoms with Gasteiger partial charge in [-0.3, -0.25) is 0 Å². The smallest absolute Gasteiger partial charge is 0.138 e. The summed E-state index contributed by atoms with van der Waals surface area (Å²) < 4.78 is 10.9. The largest absolute Gasteiger partial charge is 0.489 e. The standard InChI is InChI=1S/C16H24ClNO3/c1-11(2)20-9-14(19)10-21-16-6-3-12(7-15(16)17)8-18-13-4-5-13/h3,6-7,11,13-14,18-19H,4-5,8-10H2,1-2H3. The van der Waals surface area contributed by atoms with Crippen molar-refractivity contribution in [3.05, 3.63) is 28.8 Å². The fourth-order valence-electron chi connectivity index (χ4n) is 1.86. The van der Waals surface area contributed by atoms with E-state index in [1.165, 1.54) is 12.8 Å². The van der Waals surface area contributed by atoms with E-state index in [4.69, 9.17) is 21.1 Å². The third-order valence-electron chi connectivity index (χ3n) is 3.22. The first-order valence-electron chi connectivity index (χ1n) is 7.49. The average molecular weight is 314 g/mol. The Morgan fingerprint density at radius 2 is 2.10 bits per heavy atom. The summed E-state index contributed by atoms with van der Waals surface area (Å²) in [5.74, 6) is 0.593. The first-order valence-corrected chi connectivity index (χ1v) is 7.86. The Hall–Kier alpha value is -0.810. The quantitative estimate of drug-likeness (QED) is 0.736. The number of aliphatic hydroxyl groups is 1. The summed E-state index contributed by atoms with van der Waals surface area (Å²) >= 11 is 6.21. The molecule has 118 valence electrons. The second kappa shape index (κ2) is 7.99.